The summed E-state index contributed by atoms with van der Waals surface area (Å²) < 4.78 is 4.66. The molecule has 0 bridgehead atoms. The molecule has 3 heterocycles. The van der Waals surface area contributed by atoms with E-state index in [9.17, 15) is 5.26 Å². The molecular formula is C53H33N5. The molecule has 11 rings (SSSR count). The molecule has 0 unspecified atom stereocenters. The molecule has 270 valence electrons. The summed E-state index contributed by atoms with van der Waals surface area (Å²) in [5, 5.41) is 14.9. The van der Waals surface area contributed by atoms with Gasteiger partial charge in [0.25, 0.3) is 0 Å². The molecule has 5 heteroatoms. The van der Waals surface area contributed by atoms with Gasteiger partial charge in [-0.25, -0.2) is 9.97 Å². The third-order valence-corrected chi connectivity index (χ3v) is 11.2. The molecule has 0 N–H and O–H groups in total. The minimum Gasteiger partial charge on any atom is -0.309 e. The molecule has 0 aliphatic rings. The van der Waals surface area contributed by atoms with Gasteiger partial charge in [0, 0.05) is 43.9 Å². The van der Waals surface area contributed by atoms with Gasteiger partial charge >= 0.3 is 0 Å². The molecular weight excluding hydrogens is 707 g/mol. The van der Waals surface area contributed by atoms with Gasteiger partial charge in [-0.15, -0.1) is 0 Å². The van der Waals surface area contributed by atoms with E-state index in [1.54, 1.807) is 0 Å². The van der Waals surface area contributed by atoms with Gasteiger partial charge in [-0.05, 0) is 77.9 Å². The van der Waals surface area contributed by atoms with Crippen LogP contribution in [0.25, 0.3) is 100 Å². The standard InChI is InChI=1S/C53H33N5/c54-34-35-26-28-52(45(30-35)53-55-46(36-14-3-1-4-15-36)33-47(56-53)37-16-5-2-6-17-37)58-50-25-12-9-22-43(50)44-32-39(27-29-51(44)58)38-18-13-19-40(31-38)57-48-23-10-7-20-41(48)42-21-8-11-24-49(42)57/h1-33H. The number of rotatable bonds is 6. The van der Waals surface area contributed by atoms with Gasteiger partial charge in [-0.3, -0.25) is 0 Å². The highest BCUT2D eigenvalue weighted by atomic mass is 15.0. The van der Waals surface area contributed by atoms with Crippen molar-refractivity contribution in [1.29, 1.82) is 5.26 Å². The molecule has 0 aliphatic heterocycles. The third kappa shape index (κ3) is 5.47. The fourth-order valence-electron chi connectivity index (χ4n) is 8.50. The maximum atomic E-state index is 10.2. The Balaban J connectivity index is 1.10. The van der Waals surface area contributed by atoms with Crippen LogP contribution in [0.3, 0.4) is 0 Å². The second kappa shape index (κ2) is 13.6. The van der Waals surface area contributed by atoms with E-state index in [1.807, 2.05) is 60.7 Å². The van der Waals surface area contributed by atoms with E-state index in [2.05, 4.69) is 155 Å². The zero-order valence-corrected chi connectivity index (χ0v) is 31.3. The summed E-state index contributed by atoms with van der Waals surface area (Å²) in [4.78, 5) is 10.4. The molecule has 0 atom stereocenters. The summed E-state index contributed by atoms with van der Waals surface area (Å²) in [6.45, 7) is 0. The highest BCUT2D eigenvalue weighted by Gasteiger charge is 2.20. The van der Waals surface area contributed by atoms with E-state index in [4.69, 9.17) is 9.97 Å². The van der Waals surface area contributed by atoms with E-state index in [0.29, 0.717) is 11.4 Å². The molecule has 5 nitrogen and oxygen atoms in total. The van der Waals surface area contributed by atoms with Crippen molar-refractivity contribution in [3.05, 3.63) is 206 Å². The van der Waals surface area contributed by atoms with E-state index in [0.717, 1.165) is 72.4 Å². The van der Waals surface area contributed by atoms with Gasteiger partial charge < -0.3 is 9.13 Å². The Bertz CT molecular complexity index is 3290. The summed E-state index contributed by atoms with van der Waals surface area (Å²) in [6.07, 6.45) is 0. The van der Waals surface area contributed by atoms with E-state index < -0.39 is 0 Å². The number of hydrogen-bond donors (Lipinski definition) is 0. The summed E-state index contributed by atoms with van der Waals surface area (Å²) in [7, 11) is 0. The molecule has 8 aromatic carbocycles. The van der Waals surface area contributed by atoms with Crippen LogP contribution in [0, 0.1) is 11.3 Å². The number of nitriles is 1. The van der Waals surface area contributed by atoms with Crippen molar-refractivity contribution >= 4 is 43.6 Å². The normalized spacial score (nSPS) is 11.4. The van der Waals surface area contributed by atoms with Crippen molar-refractivity contribution in [2.45, 2.75) is 0 Å². The first kappa shape index (κ1) is 33.3. The first-order valence-corrected chi connectivity index (χ1v) is 19.4. The SMILES string of the molecule is N#Cc1ccc(-n2c3ccccc3c3cc(-c4cccc(-n5c6ccccc6c6ccccc65)c4)ccc32)c(-c2nc(-c3ccccc3)cc(-c3ccccc3)n2)c1. The van der Waals surface area contributed by atoms with Gasteiger partial charge in [-0.2, -0.15) is 5.26 Å². The number of fused-ring (bicyclic) bond motifs is 6. The molecule has 0 fully saturated rings. The Hall–Kier alpha value is -8.07. The predicted octanol–water partition coefficient (Wildman–Crippen LogP) is 13.2. The Labute approximate surface area is 335 Å². The fourth-order valence-corrected chi connectivity index (χ4v) is 8.50. The van der Waals surface area contributed by atoms with Crippen molar-refractivity contribution in [3.8, 4) is 62.5 Å². The highest BCUT2D eigenvalue weighted by molar-refractivity contribution is 6.11. The van der Waals surface area contributed by atoms with Crippen LogP contribution in [0.2, 0.25) is 0 Å². The molecule has 3 aromatic heterocycles. The lowest BCUT2D eigenvalue weighted by Gasteiger charge is -2.15. The van der Waals surface area contributed by atoms with Crippen LogP contribution < -0.4 is 0 Å². The topological polar surface area (TPSA) is 59.4 Å². The lowest BCUT2D eigenvalue weighted by molar-refractivity contribution is 1.14. The van der Waals surface area contributed by atoms with Gasteiger partial charge in [0.1, 0.15) is 0 Å². The zero-order chi connectivity index (χ0) is 38.6. The van der Waals surface area contributed by atoms with E-state index in [-0.39, 0.29) is 0 Å². The van der Waals surface area contributed by atoms with Crippen LogP contribution in [0.5, 0.6) is 0 Å². The summed E-state index contributed by atoms with van der Waals surface area (Å²) in [5.74, 6) is 0.553. The molecule has 0 aliphatic carbocycles. The highest BCUT2D eigenvalue weighted by Crippen LogP contribution is 2.40. The largest absolute Gasteiger partial charge is 0.309 e. The van der Waals surface area contributed by atoms with Gasteiger partial charge in [0.15, 0.2) is 5.82 Å². The average molecular weight is 740 g/mol. The molecule has 0 saturated heterocycles. The lowest BCUT2D eigenvalue weighted by atomic mass is 10.0. The van der Waals surface area contributed by atoms with Gasteiger partial charge in [0.2, 0.25) is 0 Å². The summed E-state index contributed by atoms with van der Waals surface area (Å²) >= 11 is 0. The Morgan fingerprint density at radius 3 is 1.52 bits per heavy atom. The van der Waals surface area contributed by atoms with E-state index in [1.165, 1.54) is 21.8 Å². The van der Waals surface area contributed by atoms with Crippen molar-refractivity contribution < 1.29 is 0 Å². The smallest absolute Gasteiger partial charge is 0.162 e. The van der Waals surface area contributed by atoms with Crippen LogP contribution in [0.1, 0.15) is 5.56 Å². The van der Waals surface area contributed by atoms with Crippen LogP contribution >= 0.6 is 0 Å². The van der Waals surface area contributed by atoms with Crippen molar-refractivity contribution in [3.63, 3.8) is 0 Å². The first-order chi connectivity index (χ1) is 28.7. The number of aromatic nitrogens is 4. The lowest BCUT2D eigenvalue weighted by Crippen LogP contribution is -2.02. The Morgan fingerprint density at radius 1 is 0.379 bits per heavy atom. The second-order valence-corrected chi connectivity index (χ2v) is 14.5. The van der Waals surface area contributed by atoms with Crippen LogP contribution in [-0.2, 0) is 0 Å². The number of para-hydroxylation sites is 3. The Kier molecular flexibility index (Phi) is 7.80. The third-order valence-electron chi connectivity index (χ3n) is 11.2. The van der Waals surface area contributed by atoms with Crippen LogP contribution in [0.4, 0.5) is 0 Å². The summed E-state index contributed by atoms with van der Waals surface area (Å²) in [5.41, 5.74) is 13.7. The quantitative estimate of drug-likeness (QED) is 0.171. The maximum absolute atomic E-state index is 10.2. The molecule has 0 amide bonds. The minimum absolute atomic E-state index is 0.542. The molecule has 58 heavy (non-hydrogen) atoms. The van der Waals surface area contributed by atoms with Gasteiger partial charge in [0.05, 0.1) is 50.8 Å². The average Bonchev–Trinajstić information content (AvgIpc) is 3.82. The predicted molar refractivity (Wildman–Crippen MR) is 237 cm³/mol. The first-order valence-electron chi connectivity index (χ1n) is 19.4. The second-order valence-electron chi connectivity index (χ2n) is 14.5. The Morgan fingerprint density at radius 2 is 0.897 bits per heavy atom. The number of benzene rings is 8. The minimum atomic E-state index is 0.542. The van der Waals surface area contributed by atoms with Crippen molar-refractivity contribution in [2.75, 3.05) is 0 Å². The monoisotopic (exact) mass is 739 g/mol. The number of hydrogen-bond acceptors (Lipinski definition) is 3. The molecule has 0 spiro atoms. The fraction of sp³-hybridized carbons (Fsp3) is 0. The maximum Gasteiger partial charge on any atom is 0.162 e. The molecule has 11 aromatic rings. The van der Waals surface area contributed by atoms with Crippen LogP contribution in [-0.4, -0.2) is 19.1 Å². The zero-order valence-electron chi connectivity index (χ0n) is 31.3. The summed E-state index contributed by atoms with van der Waals surface area (Å²) in [6, 6.07) is 72.0. The van der Waals surface area contributed by atoms with Crippen LogP contribution in [0.15, 0.2) is 200 Å². The van der Waals surface area contributed by atoms with Crippen molar-refractivity contribution in [1.82, 2.24) is 19.1 Å². The molecule has 0 radical (unpaired) electrons. The van der Waals surface area contributed by atoms with Crippen molar-refractivity contribution in [2.24, 2.45) is 0 Å². The molecule has 0 saturated carbocycles. The van der Waals surface area contributed by atoms with E-state index >= 15 is 0 Å². The number of nitrogens with zero attached hydrogens (tertiary/aromatic N) is 5. The van der Waals surface area contributed by atoms with Gasteiger partial charge in [-0.1, -0.05) is 133 Å².